The molecule has 1 saturated heterocycles. The largest absolute Gasteiger partial charge is 0.363 e. The summed E-state index contributed by atoms with van der Waals surface area (Å²) in [6, 6.07) is 16.7. The molecule has 1 fully saturated rings. The van der Waals surface area contributed by atoms with E-state index in [0.717, 1.165) is 11.1 Å². The molecule has 0 aliphatic carbocycles. The highest BCUT2D eigenvalue weighted by Crippen LogP contribution is 2.22. The maximum absolute atomic E-state index is 12.9. The summed E-state index contributed by atoms with van der Waals surface area (Å²) in [5.74, 6) is -2.53. The average Bonchev–Trinajstić information content (AvgIpc) is 3.08. The van der Waals surface area contributed by atoms with Gasteiger partial charge < -0.3 is 16.0 Å². The average molecular weight is 393 g/mol. The molecule has 0 spiro atoms. The number of benzene rings is 2. The molecule has 0 bridgehead atoms. The van der Waals surface area contributed by atoms with E-state index < -0.39 is 29.7 Å². The van der Waals surface area contributed by atoms with Crippen molar-refractivity contribution in [1.29, 1.82) is 0 Å². The Morgan fingerprint density at radius 3 is 2.17 bits per heavy atom. The minimum absolute atomic E-state index is 0.116. The Morgan fingerprint density at radius 2 is 1.59 bits per heavy atom. The van der Waals surface area contributed by atoms with E-state index >= 15 is 0 Å². The summed E-state index contributed by atoms with van der Waals surface area (Å²) in [6.45, 7) is 0.310. The van der Waals surface area contributed by atoms with Crippen LogP contribution in [-0.4, -0.2) is 40.5 Å². The van der Waals surface area contributed by atoms with Gasteiger partial charge >= 0.3 is 0 Å². The third-order valence-corrected chi connectivity index (χ3v) is 4.99. The number of Topliss-reactive ketones (excluding diaryl/α,β-unsaturated/α-hetero) is 1. The van der Waals surface area contributed by atoms with Gasteiger partial charge in [0.1, 0.15) is 12.1 Å². The third-order valence-electron chi connectivity index (χ3n) is 4.99. The van der Waals surface area contributed by atoms with Gasteiger partial charge in [-0.3, -0.25) is 19.2 Å². The normalized spacial score (nSPS) is 17.0. The lowest BCUT2D eigenvalue weighted by molar-refractivity contribution is -0.140. The first-order valence-corrected chi connectivity index (χ1v) is 9.47. The van der Waals surface area contributed by atoms with Crippen LogP contribution in [0.4, 0.5) is 0 Å². The van der Waals surface area contributed by atoms with Crippen LogP contribution in [0.25, 0.3) is 0 Å². The first-order valence-electron chi connectivity index (χ1n) is 9.47. The summed E-state index contributed by atoms with van der Waals surface area (Å²) in [5, 5.41) is 2.64. The Kier molecular flexibility index (Phi) is 6.39. The Labute approximate surface area is 168 Å². The molecule has 1 aliphatic heterocycles. The van der Waals surface area contributed by atoms with E-state index in [0.29, 0.717) is 13.0 Å². The number of hydrogen-bond acceptors (Lipinski definition) is 4. The quantitative estimate of drug-likeness (QED) is 0.651. The van der Waals surface area contributed by atoms with E-state index in [-0.39, 0.29) is 18.7 Å². The summed E-state index contributed by atoms with van der Waals surface area (Å²) in [6.07, 6.45) is 0.770. The Bertz CT molecular complexity index is 899. The lowest BCUT2D eigenvalue weighted by Crippen LogP contribution is -2.53. The second-order valence-electron chi connectivity index (χ2n) is 7.04. The molecule has 3 rings (SSSR count). The van der Waals surface area contributed by atoms with Crippen molar-refractivity contribution in [3.05, 3.63) is 71.8 Å². The predicted octanol–water partition coefficient (Wildman–Crippen LogP) is 0.959. The molecular formula is C22H23N3O4. The number of ketones is 1. The number of rotatable bonds is 8. The molecule has 1 heterocycles. The van der Waals surface area contributed by atoms with Gasteiger partial charge in [0.2, 0.25) is 17.6 Å². The fourth-order valence-electron chi connectivity index (χ4n) is 3.48. The zero-order chi connectivity index (χ0) is 20.8. The smallest absolute Gasteiger partial charge is 0.287 e. The van der Waals surface area contributed by atoms with E-state index in [2.05, 4.69) is 5.32 Å². The van der Waals surface area contributed by atoms with E-state index in [9.17, 15) is 19.2 Å². The summed E-state index contributed by atoms with van der Waals surface area (Å²) >= 11 is 0. The van der Waals surface area contributed by atoms with Gasteiger partial charge in [-0.2, -0.15) is 0 Å². The number of hydrogen-bond donors (Lipinski definition) is 2. The summed E-state index contributed by atoms with van der Waals surface area (Å²) in [4.78, 5) is 50.5. The molecule has 0 aromatic heterocycles. The van der Waals surface area contributed by atoms with Crippen LogP contribution in [-0.2, 0) is 32.1 Å². The van der Waals surface area contributed by atoms with E-state index in [1.165, 1.54) is 4.90 Å². The summed E-state index contributed by atoms with van der Waals surface area (Å²) in [7, 11) is 0. The van der Waals surface area contributed by atoms with Crippen LogP contribution in [0.15, 0.2) is 60.7 Å². The molecule has 2 unspecified atom stereocenters. The molecule has 2 aromatic rings. The molecule has 2 atom stereocenters. The molecule has 7 heteroatoms. The van der Waals surface area contributed by atoms with Crippen molar-refractivity contribution in [1.82, 2.24) is 10.2 Å². The van der Waals surface area contributed by atoms with Crippen LogP contribution in [0.5, 0.6) is 0 Å². The molecule has 0 saturated carbocycles. The number of likely N-dealkylation sites (tertiary alicyclic amines) is 1. The van der Waals surface area contributed by atoms with Crippen LogP contribution < -0.4 is 11.1 Å². The first kappa shape index (κ1) is 20.3. The van der Waals surface area contributed by atoms with Crippen LogP contribution in [0.3, 0.4) is 0 Å². The fraction of sp³-hybridized carbons (Fsp3) is 0.273. The highest BCUT2D eigenvalue weighted by Gasteiger charge is 2.37. The minimum Gasteiger partial charge on any atom is -0.363 e. The zero-order valence-electron chi connectivity index (χ0n) is 15.9. The minimum atomic E-state index is -1.10. The van der Waals surface area contributed by atoms with Crippen molar-refractivity contribution in [2.45, 2.75) is 37.9 Å². The fourth-order valence-corrected chi connectivity index (χ4v) is 3.48. The van der Waals surface area contributed by atoms with Crippen molar-refractivity contribution >= 4 is 23.5 Å². The first-order chi connectivity index (χ1) is 14.0. The Morgan fingerprint density at radius 1 is 1.00 bits per heavy atom. The van der Waals surface area contributed by atoms with Crippen LogP contribution >= 0.6 is 0 Å². The van der Waals surface area contributed by atoms with Crippen LogP contribution in [0.1, 0.15) is 24.0 Å². The molecule has 29 heavy (non-hydrogen) atoms. The maximum Gasteiger partial charge on any atom is 0.287 e. The van der Waals surface area contributed by atoms with Crippen LogP contribution in [0, 0.1) is 0 Å². The molecular weight excluding hydrogens is 370 g/mol. The number of nitrogens with zero attached hydrogens (tertiary/aromatic N) is 1. The van der Waals surface area contributed by atoms with Gasteiger partial charge in [0.15, 0.2) is 0 Å². The molecule has 150 valence electrons. The van der Waals surface area contributed by atoms with Gasteiger partial charge in [0.25, 0.3) is 5.91 Å². The Balaban J connectivity index is 1.74. The number of carbonyl (C=O) groups is 4. The zero-order valence-corrected chi connectivity index (χ0v) is 15.9. The van der Waals surface area contributed by atoms with Gasteiger partial charge in [0, 0.05) is 19.4 Å². The maximum atomic E-state index is 12.9. The molecule has 0 radical (unpaired) electrons. The predicted molar refractivity (Wildman–Crippen MR) is 106 cm³/mol. The third kappa shape index (κ3) is 5.07. The summed E-state index contributed by atoms with van der Waals surface area (Å²) in [5.41, 5.74) is 6.87. The second kappa shape index (κ2) is 9.14. The summed E-state index contributed by atoms with van der Waals surface area (Å²) < 4.78 is 0. The Hall–Kier alpha value is -3.48. The SMILES string of the molecule is NC(=O)C(=O)C(Cc1ccccc1)NC(=O)C1CCC(=O)N1Cc1ccccc1. The number of nitrogens with one attached hydrogen (secondary N) is 1. The highest BCUT2D eigenvalue weighted by atomic mass is 16.2. The van der Waals surface area contributed by atoms with E-state index in [1.807, 2.05) is 36.4 Å². The van der Waals surface area contributed by atoms with Gasteiger partial charge in [-0.15, -0.1) is 0 Å². The topological polar surface area (TPSA) is 110 Å². The lowest BCUT2D eigenvalue weighted by Gasteiger charge is -2.26. The number of amides is 3. The van der Waals surface area contributed by atoms with Gasteiger partial charge in [-0.25, -0.2) is 0 Å². The molecule has 3 N–H and O–H groups in total. The van der Waals surface area contributed by atoms with E-state index in [4.69, 9.17) is 5.73 Å². The monoisotopic (exact) mass is 393 g/mol. The standard InChI is InChI=1S/C22H23N3O4/c23-21(28)20(27)17(13-15-7-3-1-4-8-15)24-22(29)18-11-12-19(26)25(18)14-16-9-5-2-6-10-16/h1-10,17-18H,11-14H2,(H2,23,28)(H,24,29). The van der Waals surface area contributed by atoms with Gasteiger partial charge in [-0.05, 0) is 17.5 Å². The van der Waals surface area contributed by atoms with E-state index in [1.54, 1.807) is 24.3 Å². The number of primary amides is 1. The van der Waals surface area contributed by atoms with Crippen molar-refractivity contribution in [2.75, 3.05) is 0 Å². The van der Waals surface area contributed by atoms with Gasteiger partial charge in [-0.1, -0.05) is 60.7 Å². The van der Waals surface area contributed by atoms with Crippen LogP contribution in [0.2, 0.25) is 0 Å². The number of nitrogens with two attached hydrogens (primary N) is 1. The molecule has 3 amide bonds. The molecule has 7 nitrogen and oxygen atoms in total. The van der Waals surface area contributed by atoms with Crippen molar-refractivity contribution in [2.24, 2.45) is 5.73 Å². The van der Waals surface area contributed by atoms with Crippen molar-refractivity contribution in [3.63, 3.8) is 0 Å². The lowest BCUT2D eigenvalue weighted by atomic mass is 10.0. The molecule has 2 aromatic carbocycles. The molecule has 1 aliphatic rings. The van der Waals surface area contributed by atoms with Gasteiger partial charge in [0.05, 0.1) is 0 Å². The number of carbonyl (C=O) groups excluding carboxylic acids is 4. The second-order valence-corrected chi connectivity index (χ2v) is 7.04. The van der Waals surface area contributed by atoms with Crippen molar-refractivity contribution < 1.29 is 19.2 Å². The highest BCUT2D eigenvalue weighted by molar-refractivity contribution is 6.37. The van der Waals surface area contributed by atoms with Crippen molar-refractivity contribution in [3.8, 4) is 0 Å².